The van der Waals surface area contributed by atoms with E-state index in [0.29, 0.717) is 40.4 Å². The maximum atomic E-state index is 11.4. The summed E-state index contributed by atoms with van der Waals surface area (Å²) in [6.45, 7) is 0. The van der Waals surface area contributed by atoms with E-state index in [2.05, 4.69) is 75.6 Å². The van der Waals surface area contributed by atoms with Gasteiger partial charge >= 0.3 is 12.0 Å². The first-order chi connectivity index (χ1) is 33.1. The Balaban J connectivity index is 0.000000134. The molecule has 0 aromatic carbocycles. The Morgan fingerprint density at radius 2 is 1.26 bits per heavy atom. The van der Waals surface area contributed by atoms with Crippen LogP contribution in [0.3, 0.4) is 0 Å². The average Bonchev–Trinajstić information content (AvgIpc) is 4.20. The molecule has 0 radical (unpaired) electrons. The Morgan fingerprint density at radius 1 is 0.691 bits per heavy atom. The second kappa shape index (κ2) is 20.1. The summed E-state index contributed by atoms with van der Waals surface area (Å²) >= 11 is 0. The van der Waals surface area contributed by atoms with Crippen molar-refractivity contribution in [1.29, 1.82) is 0 Å². The number of H-pyrrole nitrogens is 2. The van der Waals surface area contributed by atoms with Crippen molar-refractivity contribution in [3.63, 3.8) is 0 Å². The number of carbonyl (C=O) groups is 2. The molecule has 9 aromatic heterocycles. The van der Waals surface area contributed by atoms with Gasteiger partial charge in [-0.05, 0) is 48.9 Å². The summed E-state index contributed by atoms with van der Waals surface area (Å²) in [5.41, 5.74) is 22.1. The molecule has 0 saturated heterocycles. The molecular weight excluding hydrogens is 877 g/mol. The van der Waals surface area contributed by atoms with E-state index >= 15 is 0 Å². The monoisotopic (exact) mass is 918 g/mol. The third kappa shape index (κ3) is 9.75. The second-order valence-electron chi connectivity index (χ2n) is 15.3. The number of amidine groups is 1. The van der Waals surface area contributed by atoms with Crippen LogP contribution in [0, 0.1) is 0 Å². The SMILES string of the molecule is N/C(=N\O)C1(c2ccc(-c3cnc(N)cn3)nc2)CCC1.Nc1cnc(-c2ccc(C3(c4noc(-c5cn[nH]c5)n4)CCC3)cn2)cn1.O=C(O)c1cn[nH]c1.O=C(n1ccnc1)n1ccnc1. The molecule has 2 saturated carbocycles. The summed E-state index contributed by atoms with van der Waals surface area (Å²) < 4.78 is 8.20. The first-order valence-corrected chi connectivity index (χ1v) is 20.7. The largest absolute Gasteiger partial charge is 0.478 e. The van der Waals surface area contributed by atoms with E-state index in [4.69, 9.17) is 32.0 Å². The van der Waals surface area contributed by atoms with Crippen molar-refractivity contribution in [3.8, 4) is 34.2 Å². The van der Waals surface area contributed by atoms with E-state index in [1.807, 2.05) is 30.5 Å². The number of nitrogens with one attached hydrogen (secondary N) is 2. The highest BCUT2D eigenvalue weighted by Gasteiger charge is 2.45. The lowest BCUT2D eigenvalue weighted by molar-refractivity contribution is 0.0697. The highest BCUT2D eigenvalue weighted by Crippen LogP contribution is 2.48. The van der Waals surface area contributed by atoms with E-state index in [-0.39, 0.29) is 28.3 Å². The van der Waals surface area contributed by atoms with Crippen LogP contribution in [0.1, 0.15) is 65.8 Å². The molecule has 68 heavy (non-hydrogen) atoms. The van der Waals surface area contributed by atoms with Gasteiger partial charge in [-0.2, -0.15) is 15.2 Å². The van der Waals surface area contributed by atoms with Gasteiger partial charge in [0, 0.05) is 49.6 Å². The summed E-state index contributed by atoms with van der Waals surface area (Å²) in [6.07, 6.45) is 30.8. The molecule has 2 fully saturated rings. The minimum absolute atomic E-state index is 0.185. The minimum atomic E-state index is -0.959. The van der Waals surface area contributed by atoms with Crippen molar-refractivity contribution >= 4 is 29.5 Å². The Labute approximate surface area is 384 Å². The third-order valence-corrected chi connectivity index (χ3v) is 11.3. The standard InChI is InChI=1S/C18H16N8O.C14H16N6O.C7H6N4O.C4H4N2O2/c19-15-10-21-14(9-22-15)13-3-2-12(8-20-13)18(4-1-5-18)17-25-16(27-26-17)11-6-23-24-7-11;15-12-8-18-11(7-19-12)10-3-2-9(6-17-10)14(4-1-5-14)13(16)20-21;12-7(10-3-1-8-5-10)11-4-2-9-6-11;7-4(8)3-1-5-6-2-3/h2-3,6-10H,1,4-5H2,(H2,19,22)(H,23,24);2-3,6-8,21H,1,4-5H2,(H2,15,19)(H2,16,20);1-6H;1-2H,(H,5,6)(H,7,8). The van der Waals surface area contributed by atoms with E-state index in [0.717, 1.165) is 60.9 Å². The molecule has 9 heterocycles. The molecule has 0 spiro atoms. The number of oxime groups is 1. The van der Waals surface area contributed by atoms with Crippen molar-refractivity contribution in [2.45, 2.75) is 49.4 Å². The van der Waals surface area contributed by atoms with Gasteiger partial charge in [0.15, 0.2) is 5.82 Å². The highest BCUT2D eigenvalue weighted by molar-refractivity contribution is 5.92. The third-order valence-electron chi connectivity index (χ3n) is 11.3. The number of imidazole rings is 2. The molecule has 11 rings (SSSR count). The van der Waals surface area contributed by atoms with Crippen LogP contribution in [0.15, 0.2) is 133 Å². The van der Waals surface area contributed by atoms with Gasteiger partial charge < -0.3 is 32.0 Å². The summed E-state index contributed by atoms with van der Waals surface area (Å²) in [5.74, 6) is 1.19. The van der Waals surface area contributed by atoms with Crippen molar-refractivity contribution < 1.29 is 24.4 Å². The van der Waals surface area contributed by atoms with Gasteiger partial charge in [-0.25, -0.2) is 39.5 Å². The Hall–Kier alpha value is -9.55. The molecule has 0 bridgehead atoms. The lowest BCUT2D eigenvalue weighted by atomic mass is 9.64. The van der Waals surface area contributed by atoms with Crippen LogP contribution in [0.25, 0.3) is 34.2 Å². The number of hydrogen-bond donors (Lipinski definition) is 7. The molecule has 2 aliphatic carbocycles. The fourth-order valence-electron chi connectivity index (χ4n) is 7.24. The molecule has 9 aromatic rings. The van der Waals surface area contributed by atoms with E-state index in [1.165, 1.54) is 46.6 Å². The van der Waals surface area contributed by atoms with Gasteiger partial charge in [0.2, 0.25) is 0 Å². The first kappa shape index (κ1) is 45.0. The molecule has 0 amide bonds. The molecule has 0 aliphatic heterocycles. The predicted octanol–water partition coefficient (Wildman–Crippen LogP) is 4.36. The first-order valence-electron chi connectivity index (χ1n) is 20.7. The number of nitrogen functional groups attached to an aromatic ring is 2. The molecule has 0 atom stereocenters. The maximum absolute atomic E-state index is 11.4. The fraction of sp³-hybridized carbons (Fsp3) is 0.186. The zero-order valence-corrected chi connectivity index (χ0v) is 35.8. The number of carboxylic acid groups (broad SMARTS) is 1. The number of rotatable bonds is 8. The molecular formula is C43H42N20O5. The van der Waals surface area contributed by atoms with Crippen LogP contribution < -0.4 is 17.2 Å². The normalized spacial score (nSPS) is 14.3. The number of nitrogens with two attached hydrogens (primary N) is 3. The van der Waals surface area contributed by atoms with Crippen LogP contribution in [0.4, 0.5) is 16.4 Å². The number of aromatic nitrogens is 16. The van der Waals surface area contributed by atoms with E-state index in [9.17, 15) is 9.59 Å². The molecule has 25 heteroatoms. The Bertz CT molecular complexity index is 2980. The van der Waals surface area contributed by atoms with Crippen LogP contribution in [-0.2, 0) is 10.8 Å². The lowest BCUT2D eigenvalue weighted by Crippen LogP contribution is -2.47. The van der Waals surface area contributed by atoms with E-state index in [1.54, 1.807) is 55.8 Å². The second-order valence-corrected chi connectivity index (χ2v) is 15.3. The molecule has 2 aliphatic rings. The molecule has 10 N–H and O–H groups in total. The molecule has 0 unspecified atom stereocenters. The summed E-state index contributed by atoms with van der Waals surface area (Å²) in [5, 5.41) is 37.1. The summed E-state index contributed by atoms with van der Waals surface area (Å²) in [4.78, 5) is 59.0. The summed E-state index contributed by atoms with van der Waals surface area (Å²) in [7, 11) is 0. The van der Waals surface area contributed by atoms with Crippen molar-refractivity contribution in [3.05, 3.63) is 146 Å². The molecule has 344 valence electrons. The van der Waals surface area contributed by atoms with Crippen molar-refractivity contribution in [2.75, 3.05) is 11.5 Å². The maximum Gasteiger partial charge on any atom is 0.338 e. The summed E-state index contributed by atoms with van der Waals surface area (Å²) in [6, 6.07) is 7.60. The van der Waals surface area contributed by atoms with Gasteiger partial charge in [-0.3, -0.25) is 29.3 Å². The van der Waals surface area contributed by atoms with Gasteiger partial charge in [0.05, 0.1) is 70.5 Å². The Morgan fingerprint density at radius 3 is 1.66 bits per heavy atom. The van der Waals surface area contributed by atoms with Crippen molar-refractivity contribution in [1.82, 2.24) is 79.5 Å². The number of carbonyl (C=O) groups excluding carboxylic acids is 1. The number of carboxylic acids is 1. The zero-order chi connectivity index (χ0) is 47.5. The van der Waals surface area contributed by atoms with Gasteiger partial charge in [0.25, 0.3) is 5.89 Å². The average molecular weight is 919 g/mol. The molecule has 25 nitrogen and oxygen atoms in total. The van der Waals surface area contributed by atoms with E-state index < -0.39 is 5.97 Å². The number of nitrogens with zero attached hydrogens (tertiary/aromatic N) is 15. The smallest absolute Gasteiger partial charge is 0.338 e. The number of aromatic carboxylic acids is 1. The number of hydrogen-bond acceptors (Lipinski definition) is 19. The van der Waals surface area contributed by atoms with Crippen LogP contribution in [0.5, 0.6) is 0 Å². The lowest BCUT2D eigenvalue weighted by Gasteiger charge is -2.40. The number of anilines is 2. The highest BCUT2D eigenvalue weighted by atomic mass is 16.5. The Kier molecular flexibility index (Phi) is 13.3. The predicted molar refractivity (Wildman–Crippen MR) is 241 cm³/mol. The number of aromatic amines is 2. The van der Waals surface area contributed by atoms with Crippen LogP contribution in [-0.4, -0.2) is 108 Å². The van der Waals surface area contributed by atoms with Crippen LogP contribution in [0.2, 0.25) is 0 Å². The zero-order valence-electron chi connectivity index (χ0n) is 35.8. The minimum Gasteiger partial charge on any atom is -0.478 e. The van der Waals surface area contributed by atoms with Crippen molar-refractivity contribution in [2.24, 2.45) is 10.9 Å². The van der Waals surface area contributed by atoms with Crippen LogP contribution >= 0.6 is 0 Å². The number of pyridine rings is 2. The van der Waals surface area contributed by atoms with Gasteiger partial charge in [-0.1, -0.05) is 35.3 Å². The van der Waals surface area contributed by atoms with Gasteiger partial charge in [-0.15, -0.1) is 0 Å². The quantitative estimate of drug-likeness (QED) is 0.0482. The van der Waals surface area contributed by atoms with Gasteiger partial charge in [0.1, 0.15) is 41.5 Å². The topological polar surface area (TPSA) is 374 Å². The fourth-order valence-corrected chi connectivity index (χ4v) is 7.24.